The van der Waals surface area contributed by atoms with E-state index >= 15 is 0 Å². The summed E-state index contributed by atoms with van der Waals surface area (Å²) in [6.07, 6.45) is 0. The van der Waals surface area contributed by atoms with Crippen LogP contribution in [0.15, 0.2) is 9.53 Å². The summed E-state index contributed by atoms with van der Waals surface area (Å²) in [6.45, 7) is 7.27. The molecule has 2 heterocycles. The maximum absolute atomic E-state index is 12.2. The number of aromatic nitrogens is 4. The average molecular weight is 444 g/mol. The van der Waals surface area contributed by atoms with Gasteiger partial charge in [-0.3, -0.25) is 29.3 Å². The van der Waals surface area contributed by atoms with Crippen molar-refractivity contribution in [2.45, 2.75) is 34.4 Å². The lowest BCUT2D eigenvalue weighted by molar-refractivity contribution is -0.149. The fourth-order valence-electron chi connectivity index (χ4n) is 1.94. The van der Waals surface area contributed by atoms with Gasteiger partial charge in [-0.25, -0.2) is 4.98 Å². The number of carbonyl (C=O) groups is 2. The van der Waals surface area contributed by atoms with E-state index in [2.05, 4.69) is 36.2 Å². The molecule has 0 spiro atoms. The zero-order valence-electron chi connectivity index (χ0n) is 15.5. The highest BCUT2D eigenvalue weighted by Gasteiger charge is 2.16. The number of H-pyrrole nitrogens is 1. The summed E-state index contributed by atoms with van der Waals surface area (Å²) >= 11 is 3.26. The summed E-state index contributed by atoms with van der Waals surface area (Å²) in [6, 6.07) is 0. The Morgan fingerprint density at radius 3 is 2.52 bits per heavy atom. The maximum atomic E-state index is 12.2. The van der Waals surface area contributed by atoms with Gasteiger partial charge < -0.3 is 9.47 Å². The number of carbonyl (C=O) groups excluding carboxylic acids is 2. The van der Waals surface area contributed by atoms with Crippen LogP contribution >= 0.6 is 15.9 Å². The number of imidazole rings is 1. The molecule has 27 heavy (non-hydrogen) atoms. The van der Waals surface area contributed by atoms with E-state index in [1.807, 2.05) is 0 Å². The molecule has 148 valence electrons. The Balaban J connectivity index is 2.11. The van der Waals surface area contributed by atoms with Crippen LogP contribution in [0, 0.1) is 11.8 Å². The number of amides is 1. The number of rotatable bonds is 8. The predicted molar refractivity (Wildman–Crippen MR) is 101 cm³/mol. The van der Waals surface area contributed by atoms with Crippen molar-refractivity contribution in [3.8, 4) is 0 Å². The molecule has 11 heteroatoms. The van der Waals surface area contributed by atoms with Crippen LogP contribution in [0.5, 0.6) is 0 Å². The normalized spacial score (nSPS) is 11.4. The highest BCUT2D eigenvalue weighted by atomic mass is 79.9. The van der Waals surface area contributed by atoms with Crippen molar-refractivity contribution < 1.29 is 19.1 Å². The summed E-state index contributed by atoms with van der Waals surface area (Å²) < 4.78 is 12.4. The zero-order valence-corrected chi connectivity index (χ0v) is 17.1. The zero-order chi connectivity index (χ0) is 20.1. The minimum Gasteiger partial charge on any atom is -0.463 e. The Bertz CT molecular complexity index is 889. The van der Waals surface area contributed by atoms with Crippen molar-refractivity contribution in [3.63, 3.8) is 0 Å². The van der Waals surface area contributed by atoms with Gasteiger partial charge in [0, 0.05) is 5.92 Å². The van der Waals surface area contributed by atoms with Crippen molar-refractivity contribution in [1.82, 2.24) is 19.5 Å². The van der Waals surface area contributed by atoms with Crippen LogP contribution in [0.25, 0.3) is 11.2 Å². The molecule has 0 fully saturated rings. The number of nitrogens with one attached hydrogen (secondary N) is 2. The van der Waals surface area contributed by atoms with Crippen molar-refractivity contribution >= 4 is 44.9 Å². The first-order valence-electron chi connectivity index (χ1n) is 8.42. The van der Waals surface area contributed by atoms with Gasteiger partial charge in [-0.1, -0.05) is 27.7 Å². The standard InChI is InChI=1S/C16H22BrN5O5/c1-8(2)12(23)20-16-19-11-10(13(24)21-16)18-15(17)22(11)7-26-5-6-27-14(25)9(3)4/h8-9H,5-7H2,1-4H3,(H2,19,20,21,23,24). The van der Waals surface area contributed by atoms with Crippen LogP contribution in [0.4, 0.5) is 5.95 Å². The molecule has 2 aromatic rings. The number of esters is 1. The highest BCUT2D eigenvalue weighted by molar-refractivity contribution is 9.10. The van der Waals surface area contributed by atoms with Gasteiger partial charge in [-0.05, 0) is 15.9 Å². The summed E-state index contributed by atoms with van der Waals surface area (Å²) in [5.41, 5.74) is -0.118. The predicted octanol–water partition coefficient (Wildman–Crippen LogP) is 1.65. The number of anilines is 1. The molecule has 0 bridgehead atoms. The molecule has 0 saturated heterocycles. The molecular formula is C16H22BrN5O5. The van der Waals surface area contributed by atoms with E-state index in [0.717, 1.165) is 0 Å². The first-order valence-corrected chi connectivity index (χ1v) is 9.21. The second-order valence-corrected chi connectivity index (χ2v) is 7.11. The van der Waals surface area contributed by atoms with Crippen LogP contribution in [0.1, 0.15) is 27.7 Å². The molecule has 0 radical (unpaired) electrons. The second kappa shape index (κ2) is 9.09. The van der Waals surface area contributed by atoms with E-state index in [0.29, 0.717) is 4.73 Å². The van der Waals surface area contributed by atoms with E-state index in [-0.39, 0.29) is 60.8 Å². The number of hydrogen-bond acceptors (Lipinski definition) is 7. The molecule has 2 N–H and O–H groups in total. The molecule has 0 aliphatic rings. The number of nitrogens with zero attached hydrogens (tertiary/aromatic N) is 3. The maximum Gasteiger partial charge on any atom is 0.308 e. The van der Waals surface area contributed by atoms with Crippen LogP contribution in [-0.2, 0) is 25.8 Å². The minimum absolute atomic E-state index is 0.0321. The van der Waals surface area contributed by atoms with Gasteiger partial charge >= 0.3 is 5.97 Å². The Labute approximate surface area is 163 Å². The molecule has 0 saturated carbocycles. The fourth-order valence-corrected chi connectivity index (χ4v) is 2.39. The summed E-state index contributed by atoms with van der Waals surface area (Å²) in [5, 5.41) is 2.55. The van der Waals surface area contributed by atoms with E-state index < -0.39 is 5.56 Å². The van der Waals surface area contributed by atoms with Crippen LogP contribution in [0.2, 0.25) is 0 Å². The van der Waals surface area contributed by atoms with Gasteiger partial charge in [0.15, 0.2) is 15.9 Å². The van der Waals surface area contributed by atoms with Gasteiger partial charge in [0.2, 0.25) is 11.9 Å². The third kappa shape index (κ3) is 5.36. The van der Waals surface area contributed by atoms with Gasteiger partial charge in [-0.15, -0.1) is 0 Å². The average Bonchev–Trinajstić information content (AvgIpc) is 2.90. The SMILES string of the molecule is CC(C)C(=O)Nc1nc2c(nc(Br)n2COCCOC(=O)C(C)C)c(=O)[nH]1. The van der Waals surface area contributed by atoms with Crippen molar-refractivity contribution in [1.29, 1.82) is 0 Å². The number of fused-ring (bicyclic) bond motifs is 1. The lowest BCUT2D eigenvalue weighted by atomic mass is 10.2. The quantitative estimate of drug-likeness (QED) is 0.360. The topological polar surface area (TPSA) is 128 Å². The Kier molecular flexibility index (Phi) is 7.08. The van der Waals surface area contributed by atoms with Gasteiger partial charge in [0.25, 0.3) is 5.56 Å². The summed E-state index contributed by atoms with van der Waals surface area (Å²) in [5.74, 6) is -1.00. The molecule has 2 rings (SSSR count). The van der Waals surface area contributed by atoms with E-state index in [1.54, 1.807) is 27.7 Å². The second-order valence-electron chi connectivity index (χ2n) is 6.40. The monoisotopic (exact) mass is 443 g/mol. The summed E-state index contributed by atoms with van der Waals surface area (Å²) in [7, 11) is 0. The molecule has 10 nitrogen and oxygen atoms in total. The largest absolute Gasteiger partial charge is 0.463 e. The summed E-state index contributed by atoms with van der Waals surface area (Å²) in [4.78, 5) is 46.2. The van der Waals surface area contributed by atoms with Crippen LogP contribution < -0.4 is 10.9 Å². The van der Waals surface area contributed by atoms with Gasteiger partial charge in [-0.2, -0.15) is 4.98 Å². The van der Waals surface area contributed by atoms with Crippen molar-refractivity contribution in [2.75, 3.05) is 18.5 Å². The van der Waals surface area contributed by atoms with E-state index in [1.165, 1.54) is 4.57 Å². The van der Waals surface area contributed by atoms with Crippen LogP contribution in [-0.4, -0.2) is 44.6 Å². The molecule has 0 unspecified atom stereocenters. The smallest absolute Gasteiger partial charge is 0.308 e. The fraction of sp³-hybridized carbons (Fsp3) is 0.562. The Hall–Kier alpha value is -2.27. The molecule has 0 aliphatic carbocycles. The third-order valence-corrected chi connectivity index (χ3v) is 4.09. The van der Waals surface area contributed by atoms with E-state index in [4.69, 9.17) is 9.47 Å². The highest BCUT2D eigenvalue weighted by Crippen LogP contribution is 2.17. The lowest BCUT2D eigenvalue weighted by Crippen LogP contribution is -2.22. The van der Waals surface area contributed by atoms with Gasteiger partial charge in [0.1, 0.15) is 13.3 Å². The van der Waals surface area contributed by atoms with Gasteiger partial charge in [0.05, 0.1) is 12.5 Å². The molecule has 0 aromatic carbocycles. The molecule has 0 aliphatic heterocycles. The molecule has 1 amide bonds. The molecule has 0 atom stereocenters. The minimum atomic E-state index is -0.482. The Morgan fingerprint density at radius 1 is 1.19 bits per heavy atom. The van der Waals surface area contributed by atoms with Crippen LogP contribution in [0.3, 0.4) is 0 Å². The van der Waals surface area contributed by atoms with Crippen molar-refractivity contribution in [3.05, 3.63) is 15.1 Å². The first kappa shape index (κ1) is 21.0. The number of ether oxygens (including phenoxy) is 2. The number of hydrogen-bond donors (Lipinski definition) is 2. The molecular weight excluding hydrogens is 422 g/mol. The lowest BCUT2D eigenvalue weighted by Gasteiger charge is -2.10. The van der Waals surface area contributed by atoms with Crippen molar-refractivity contribution in [2.24, 2.45) is 11.8 Å². The number of halogens is 1. The number of aromatic amines is 1. The molecule has 2 aromatic heterocycles. The van der Waals surface area contributed by atoms with E-state index in [9.17, 15) is 14.4 Å². The Morgan fingerprint density at radius 2 is 1.89 bits per heavy atom. The first-order chi connectivity index (χ1) is 12.7. The third-order valence-electron chi connectivity index (χ3n) is 3.49.